The minimum absolute atomic E-state index is 0.0748. The molecule has 6 nitrogen and oxygen atoms in total. The van der Waals surface area contributed by atoms with Gasteiger partial charge in [-0.2, -0.15) is 0 Å². The van der Waals surface area contributed by atoms with Crippen LogP contribution in [0.15, 0.2) is 47.4 Å². The maximum Gasteiger partial charge on any atom is 0.344 e. The van der Waals surface area contributed by atoms with Crippen LogP contribution < -0.4 is 10.3 Å². The molecule has 1 aromatic carbocycles. The van der Waals surface area contributed by atoms with Gasteiger partial charge in [0.15, 0.2) is 6.61 Å². The summed E-state index contributed by atoms with van der Waals surface area (Å²) in [6.45, 7) is 5.47. The number of pyridine rings is 1. The second kappa shape index (κ2) is 7.39. The molecule has 0 amide bonds. The van der Waals surface area contributed by atoms with Crippen LogP contribution in [0.25, 0.3) is 5.65 Å². The summed E-state index contributed by atoms with van der Waals surface area (Å²) < 4.78 is 12.2. The van der Waals surface area contributed by atoms with Gasteiger partial charge >= 0.3 is 5.97 Å². The minimum atomic E-state index is -0.515. The molecule has 2 heterocycles. The fourth-order valence-electron chi connectivity index (χ4n) is 2.69. The summed E-state index contributed by atoms with van der Waals surface area (Å²) in [5.74, 6) is 0.167. The number of ether oxygens (including phenoxy) is 2. The number of esters is 1. The quantitative estimate of drug-likeness (QED) is 0.661. The van der Waals surface area contributed by atoms with Crippen molar-refractivity contribution in [3.63, 3.8) is 0 Å². The maximum atomic E-state index is 12.1. The fourth-order valence-corrected chi connectivity index (χ4v) is 2.69. The molecule has 2 aromatic heterocycles. The third-order valence-corrected chi connectivity index (χ3v) is 3.98. The van der Waals surface area contributed by atoms with Crippen molar-refractivity contribution in [1.82, 2.24) is 9.38 Å². The van der Waals surface area contributed by atoms with Gasteiger partial charge in [0.2, 0.25) is 0 Å². The number of fused-ring (bicyclic) bond motifs is 1. The lowest BCUT2D eigenvalue weighted by atomic mass is 10.1. The SMILES string of the molecule is Cc1ccc2nc(COC(=O)COc3c(C)cccc3C)cc(=O)n2c1. The van der Waals surface area contributed by atoms with Gasteiger partial charge in [0, 0.05) is 12.3 Å². The molecule has 0 N–H and O–H groups in total. The van der Waals surface area contributed by atoms with Gasteiger partial charge < -0.3 is 9.47 Å². The van der Waals surface area contributed by atoms with E-state index in [9.17, 15) is 9.59 Å². The molecule has 3 aromatic rings. The highest BCUT2D eigenvalue weighted by Crippen LogP contribution is 2.22. The molecular weight excluding hydrogens is 332 g/mol. The molecule has 0 atom stereocenters. The van der Waals surface area contributed by atoms with Crippen molar-refractivity contribution < 1.29 is 14.3 Å². The molecule has 0 saturated carbocycles. The Bertz CT molecular complexity index is 1000. The van der Waals surface area contributed by atoms with E-state index in [1.807, 2.05) is 45.0 Å². The Labute approximate surface area is 151 Å². The molecule has 26 heavy (non-hydrogen) atoms. The molecule has 3 rings (SSSR count). The van der Waals surface area contributed by atoms with Crippen LogP contribution in [0.3, 0.4) is 0 Å². The van der Waals surface area contributed by atoms with E-state index >= 15 is 0 Å². The molecule has 0 aliphatic rings. The number of hydrogen-bond acceptors (Lipinski definition) is 5. The third kappa shape index (κ3) is 3.91. The number of aromatic nitrogens is 2. The van der Waals surface area contributed by atoms with E-state index in [0.717, 1.165) is 16.7 Å². The van der Waals surface area contributed by atoms with Gasteiger partial charge in [-0.05, 0) is 43.5 Å². The summed E-state index contributed by atoms with van der Waals surface area (Å²) in [5, 5.41) is 0. The zero-order chi connectivity index (χ0) is 18.7. The van der Waals surface area contributed by atoms with Gasteiger partial charge in [0.05, 0.1) is 5.69 Å². The monoisotopic (exact) mass is 352 g/mol. The van der Waals surface area contributed by atoms with Gasteiger partial charge in [-0.15, -0.1) is 0 Å². The molecule has 6 heteroatoms. The Morgan fingerprint density at radius 3 is 2.58 bits per heavy atom. The molecular formula is C20H20N2O4. The number of para-hydroxylation sites is 1. The van der Waals surface area contributed by atoms with E-state index in [2.05, 4.69) is 4.98 Å². The topological polar surface area (TPSA) is 69.9 Å². The molecule has 0 saturated heterocycles. The van der Waals surface area contributed by atoms with Crippen molar-refractivity contribution in [3.8, 4) is 5.75 Å². The first-order valence-electron chi connectivity index (χ1n) is 8.27. The highest BCUT2D eigenvalue weighted by molar-refractivity contribution is 5.71. The van der Waals surface area contributed by atoms with Gasteiger partial charge in [-0.1, -0.05) is 24.3 Å². The summed E-state index contributed by atoms with van der Waals surface area (Å²) in [6, 6.07) is 10.8. The maximum absolute atomic E-state index is 12.1. The highest BCUT2D eigenvalue weighted by Gasteiger charge is 2.10. The molecule has 0 aliphatic heterocycles. The Balaban J connectivity index is 1.64. The number of nitrogens with zero attached hydrogens (tertiary/aromatic N) is 2. The number of hydrogen-bond donors (Lipinski definition) is 0. The van der Waals surface area contributed by atoms with E-state index in [1.165, 1.54) is 10.5 Å². The van der Waals surface area contributed by atoms with Gasteiger partial charge in [-0.25, -0.2) is 9.78 Å². The molecule has 134 valence electrons. The Kier molecular flexibility index (Phi) is 5.02. The second-order valence-electron chi connectivity index (χ2n) is 6.19. The lowest BCUT2D eigenvalue weighted by Gasteiger charge is -2.11. The molecule has 0 spiro atoms. The van der Waals surface area contributed by atoms with Crippen molar-refractivity contribution in [3.05, 3.63) is 75.3 Å². The number of aryl methyl sites for hydroxylation is 3. The minimum Gasteiger partial charge on any atom is -0.481 e. The van der Waals surface area contributed by atoms with Crippen LogP contribution in [0.2, 0.25) is 0 Å². The zero-order valence-electron chi connectivity index (χ0n) is 15.0. The van der Waals surface area contributed by atoms with Crippen molar-refractivity contribution in [2.75, 3.05) is 6.61 Å². The first-order chi connectivity index (χ1) is 12.4. The summed E-state index contributed by atoms with van der Waals surface area (Å²) in [5.41, 5.74) is 3.58. The van der Waals surface area contributed by atoms with Gasteiger partial charge in [-0.3, -0.25) is 9.20 Å². The van der Waals surface area contributed by atoms with E-state index < -0.39 is 5.97 Å². The van der Waals surface area contributed by atoms with E-state index in [0.29, 0.717) is 17.1 Å². The molecule has 0 fully saturated rings. The zero-order valence-corrected chi connectivity index (χ0v) is 15.0. The molecule has 0 aliphatic carbocycles. The van der Waals surface area contributed by atoms with Gasteiger partial charge in [0.1, 0.15) is 18.0 Å². The number of rotatable bonds is 5. The average molecular weight is 352 g/mol. The van der Waals surface area contributed by atoms with Crippen molar-refractivity contribution in [2.24, 2.45) is 0 Å². The summed E-state index contributed by atoms with van der Waals surface area (Å²) >= 11 is 0. The highest BCUT2D eigenvalue weighted by atomic mass is 16.6. The van der Waals surface area contributed by atoms with Crippen LogP contribution in [0.5, 0.6) is 5.75 Å². The van der Waals surface area contributed by atoms with Crippen molar-refractivity contribution in [2.45, 2.75) is 27.4 Å². The predicted octanol–water partition coefficient (Wildman–Crippen LogP) is 2.74. The third-order valence-electron chi connectivity index (χ3n) is 3.98. The average Bonchev–Trinajstić information content (AvgIpc) is 2.60. The second-order valence-corrected chi connectivity index (χ2v) is 6.19. The van der Waals surface area contributed by atoms with Crippen molar-refractivity contribution >= 4 is 11.6 Å². The van der Waals surface area contributed by atoms with Crippen LogP contribution in [0, 0.1) is 20.8 Å². The summed E-state index contributed by atoms with van der Waals surface area (Å²) in [6.07, 6.45) is 1.72. The first-order valence-corrected chi connectivity index (χ1v) is 8.27. The van der Waals surface area contributed by atoms with Gasteiger partial charge in [0.25, 0.3) is 5.56 Å². The van der Waals surface area contributed by atoms with E-state index in [-0.39, 0.29) is 18.8 Å². The molecule has 0 unspecified atom stereocenters. The fraction of sp³-hybridized carbons (Fsp3) is 0.250. The van der Waals surface area contributed by atoms with Crippen LogP contribution in [0.1, 0.15) is 22.4 Å². The largest absolute Gasteiger partial charge is 0.481 e. The Morgan fingerprint density at radius 2 is 1.85 bits per heavy atom. The summed E-state index contributed by atoms with van der Waals surface area (Å²) in [4.78, 5) is 28.4. The summed E-state index contributed by atoms with van der Waals surface area (Å²) in [7, 11) is 0. The van der Waals surface area contributed by atoms with Crippen LogP contribution >= 0.6 is 0 Å². The van der Waals surface area contributed by atoms with E-state index in [4.69, 9.17) is 9.47 Å². The normalized spacial score (nSPS) is 10.7. The smallest absolute Gasteiger partial charge is 0.344 e. The van der Waals surface area contributed by atoms with Crippen LogP contribution in [-0.4, -0.2) is 22.0 Å². The molecule has 0 bridgehead atoms. The lowest BCUT2D eigenvalue weighted by Crippen LogP contribution is -2.19. The standard InChI is InChI=1S/C20H20N2O4/c1-13-7-8-17-21-16(9-18(23)22(17)10-13)11-25-19(24)12-26-20-14(2)5-4-6-15(20)3/h4-10H,11-12H2,1-3H3. The number of carbonyl (C=O) groups is 1. The van der Waals surface area contributed by atoms with Crippen LogP contribution in [0.4, 0.5) is 0 Å². The first kappa shape index (κ1) is 17.7. The predicted molar refractivity (Wildman–Crippen MR) is 97.4 cm³/mol. The Hall–Kier alpha value is -3.15. The van der Waals surface area contributed by atoms with Crippen LogP contribution in [-0.2, 0) is 16.1 Å². The Morgan fingerprint density at radius 1 is 1.12 bits per heavy atom. The molecule has 0 radical (unpaired) electrons. The number of benzene rings is 1. The van der Waals surface area contributed by atoms with E-state index in [1.54, 1.807) is 12.3 Å². The number of carbonyl (C=O) groups excluding carboxylic acids is 1. The van der Waals surface area contributed by atoms with Crippen molar-refractivity contribution in [1.29, 1.82) is 0 Å². The lowest BCUT2D eigenvalue weighted by molar-refractivity contribution is -0.147.